The third-order valence-electron chi connectivity index (χ3n) is 5.09. The van der Waals surface area contributed by atoms with Gasteiger partial charge in [-0.1, -0.05) is 6.07 Å². The van der Waals surface area contributed by atoms with E-state index in [4.69, 9.17) is 9.84 Å². The maximum atomic E-state index is 12.7. The summed E-state index contributed by atoms with van der Waals surface area (Å²) >= 11 is 1.37. The molecule has 0 unspecified atom stereocenters. The standard InChI is InChI=1S/C20H25N5O3S/c1-13-14(10-24(2)23-13)11-25-7-9-28-16(12-25)17-15-4-3-5-22-20(15)29-18(17)19(27)21-6-8-26/h3-5,10,16,26H,6-9,11-12H2,1-2H3,(H,21,27)/t16-/m1/s1. The fraction of sp³-hybridized carbons (Fsp3) is 0.450. The van der Waals surface area contributed by atoms with Gasteiger partial charge >= 0.3 is 0 Å². The van der Waals surface area contributed by atoms with E-state index in [9.17, 15) is 4.79 Å². The van der Waals surface area contributed by atoms with Crippen LogP contribution in [0.1, 0.15) is 32.6 Å². The van der Waals surface area contributed by atoms with Gasteiger partial charge in [0.05, 0.1) is 25.0 Å². The van der Waals surface area contributed by atoms with E-state index >= 15 is 0 Å². The van der Waals surface area contributed by atoms with Crippen LogP contribution in [0.2, 0.25) is 0 Å². The zero-order valence-corrected chi connectivity index (χ0v) is 17.4. The molecule has 3 aromatic heterocycles. The van der Waals surface area contributed by atoms with Gasteiger partial charge in [0.25, 0.3) is 5.91 Å². The highest BCUT2D eigenvalue weighted by atomic mass is 32.1. The van der Waals surface area contributed by atoms with Crippen LogP contribution in [0.3, 0.4) is 0 Å². The topological polar surface area (TPSA) is 92.5 Å². The van der Waals surface area contributed by atoms with Crippen LogP contribution in [0.5, 0.6) is 0 Å². The number of fused-ring (bicyclic) bond motifs is 1. The Morgan fingerprint density at radius 3 is 3.10 bits per heavy atom. The third kappa shape index (κ3) is 4.18. The molecule has 1 aliphatic heterocycles. The van der Waals surface area contributed by atoms with Crippen LogP contribution in [0, 0.1) is 6.92 Å². The zero-order chi connectivity index (χ0) is 20.4. The first-order chi connectivity index (χ1) is 14.1. The number of aliphatic hydroxyl groups is 1. The number of morpholine rings is 1. The molecule has 1 amide bonds. The average Bonchev–Trinajstić information content (AvgIpc) is 3.25. The Hall–Kier alpha value is -2.33. The molecule has 0 spiro atoms. The van der Waals surface area contributed by atoms with Crippen LogP contribution in [-0.2, 0) is 18.3 Å². The number of aryl methyl sites for hydroxylation is 2. The summed E-state index contributed by atoms with van der Waals surface area (Å²) in [7, 11) is 1.93. The molecule has 0 bridgehead atoms. The molecule has 0 radical (unpaired) electrons. The van der Waals surface area contributed by atoms with Gasteiger partial charge in [-0.15, -0.1) is 11.3 Å². The average molecular weight is 416 g/mol. The maximum absolute atomic E-state index is 12.7. The summed E-state index contributed by atoms with van der Waals surface area (Å²) in [6.07, 6.45) is 3.57. The highest BCUT2D eigenvalue weighted by Gasteiger charge is 2.30. The van der Waals surface area contributed by atoms with Crippen molar-refractivity contribution in [1.82, 2.24) is 25.0 Å². The first-order valence-corrected chi connectivity index (χ1v) is 10.5. The SMILES string of the molecule is Cc1nn(C)cc1CN1CCO[C@@H](c2c(C(=O)NCCO)sc3ncccc23)C1. The van der Waals surface area contributed by atoms with Gasteiger partial charge in [0.1, 0.15) is 9.71 Å². The molecule has 2 N–H and O–H groups in total. The van der Waals surface area contributed by atoms with Crippen molar-refractivity contribution in [2.75, 3.05) is 32.8 Å². The zero-order valence-electron chi connectivity index (χ0n) is 16.6. The highest BCUT2D eigenvalue weighted by molar-refractivity contribution is 7.20. The number of carbonyl (C=O) groups is 1. The normalized spacial score (nSPS) is 17.7. The Morgan fingerprint density at radius 2 is 2.34 bits per heavy atom. The fourth-order valence-corrected chi connectivity index (χ4v) is 4.87. The molecule has 29 heavy (non-hydrogen) atoms. The molecular formula is C20H25N5O3S. The van der Waals surface area contributed by atoms with E-state index in [0.29, 0.717) is 18.0 Å². The first-order valence-electron chi connectivity index (χ1n) is 9.66. The molecule has 1 aliphatic rings. The summed E-state index contributed by atoms with van der Waals surface area (Å²) in [4.78, 5) is 20.9. The van der Waals surface area contributed by atoms with E-state index in [2.05, 4.69) is 26.5 Å². The van der Waals surface area contributed by atoms with E-state index in [-0.39, 0.29) is 25.2 Å². The van der Waals surface area contributed by atoms with Crippen molar-refractivity contribution in [3.8, 4) is 0 Å². The highest BCUT2D eigenvalue weighted by Crippen LogP contribution is 2.37. The van der Waals surface area contributed by atoms with Crippen LogP contribution in [0.4, 0.5) is 0 Å². The van der Waals surface area contributed by atoms with Crippen LogP contribution in [-0.4, -0.2) is 63.5 Å². The van der Waals surface area contributed by atoms with Gasteiger partial charge in [-0.2, -0.15) is 5.10 Å². The van der Waals surface area contributed by atoms with Gasteiger partial charge in [0.15, 0.2) is 0 Å². The molecule has 1 fully saturated rings. The van der Waals surface area contributed by atoms with Crippen LogP contribution in [0.25, 0.3) is 10.2 Å². The van der Waals surface area contributed by atoms with E-state index in [0.717, 1.165) is 34.6 Å². The lowest BCUT2D eigenvalue weighted by atomic mass is 10.0. The number of thiophene rings is 1. The van der Waals surface area contributed by atoms with Crippen LogP contribution >= 0.6 is 11.3 Å². The first kappa shape index (κ1) is 20.0. The van der Waals surface area contributed by atoms with Crippen molar-refractivity contribution < 1.29 is 14.6 Å². The summed E-state index contributed by atoms with van der Waals surface area (Å²) in [6.45, 7) is 5.06. The number of hydrogen-bond donors (Lipinski definition) is 2. The van der Waals surface area contributed by atoms with E-state index in [1.165, 1.54) is 16.9 Å². The number of carbonyl (C=O) groups excluding carboxylic acids is 1. The predicted molar refractivity (Wildman–Crippen MR) is 111 cm³/mol. The van der Waals surface area contributed by atoms with Gasteiger partial charge in [0, 0.05) is 62.1 Å². The number of ether oxygens (including phenoxy) is 1. The van der Waals surface area contributed by atoms with Gasteiger partial charge in [-0.3, -0.25) is 14.4 Å². The quantitative estimate of drug-likeness (QED) is 0.636. The molecule has 0 aromatic carbocycles. The smallest absolute Gasteiger partial charge is 0.261 e. The van der Waals surface area contributed by atoms with Gasteiger partial charge < -0.3 is 15.2 Å². The number of nitrogens with zero attached hydrogens (tertiary/aromatic N) is 4. The lowest BCUT2D eigenvalue weighted by Gasteiger charge is -2.33. The number of amides is 1. The Labute approximate surface area is 173 Å². The molecule has 0 aliphatic carbocycles. The van der Waals surface area contributed by atoms with Crippen molar-refractivity contribution in [2.45, 2.75) is 19.6 Å². The van der Waals surface area contributed by atoms with Gasteiger partial charge in [-0.25, -0.2) is 4.98 Å². The van der Waals surface area contributed by atoms with Crippen LogP contribution in [0.15, 0.2) is 24.5 Å². The summed E-state index contributed by atoms with van der Waals surface area (Å²) in [5.41, 5.74) is 3.12. The summed E-state index contributed by atoms with van der Waals surface area (Å²) in [6, 6.07) is 3.87. The van der Waals surface area contributed by atoms with Crippen molar-refractivity contribution in [3.05, 3.63) is 46.2 Å². The molecule has 154 valence electrons. The molecule has 1 atom stereocenters. The van der Waals surface area contributed by atoms with Crippen LogP contribution < -0.4 is 5.32 Å². The summed E-state index contributed by atoms with van der Waals surface area (Å²) in [5.74, 6) is -0.194. The Morgan fingerprint density at radius 1 is 1.48 bits per heavy atom. The number of pyridine rings is 1. The minimum atomic E-state index is -0.214. The summed E-state index contributed by atoms with van der Waals surface area (Å²) in [5, 5.41) is 17.2. The van der Waals surface area contributed by atoms with Crippen molar-refractivity contribution in [3.63, 3.8) is 0 Å². The molecule has 9 heteroatoms. The van der Waals surface area contributed by atoms with Gasteiger partial charge in [-0.05, 0) is 13.0 Å². The second-order valence-electron chi connectivity index (χ2n) is 7.19. The molecule has 3 aromatic rings. The van der Waals surface area contributed by atoms with Crippen molar-refractivity contribution >= 4 is 27.5 Å². The Kier molecular flexibility index (Phi) is 5.91. The number of rotatable bonds is 6. The van der Waals surface area contributed by atoms with E-state index in [1.807, 2.05) is 30.8 Å². The summed E-state index contributed by atoms with van der Waals surface area (Å²) < 4.78 is 7.95. The molecule has 1 saturated heterocycles. The lowest BCUT2D eigenvalue weighted by molar-refractivity contribution is -0.0323. The number of aromatic nitrogens is 3. The minimum absolute atomic E-state index is 0.0949. The third-order valence-corrected chi connectivity index (χ3v) is 6.22. The maximum Gasteiger partial charge on any atom is 0.261 e. The number of nitrogens with one attached hydrogen (secondary N) is 1. The van der Waals surface area contributed by atoms with Crippen molar-refractivity contribution in [1.29, 1.82) is 0 Å². The monoisotopic (exact) mass is 415 g/mol. The van der Waals surface area contributed by atoms with E-state index in [1.54, 1.807) is 6.20 Å². The molecule has 8 nitrogen and oxygen atoms in total. The van der Waals surface area contributed by atoms with Crippen molar-refractivity contribution in [2.24, 2.45) is 7.05 Å². The second-order valence-corrected chi connectivity index (χ2v) is 8.19. The Balaban J connectivity index is 1.62. The number of hydrogen-bond acceptors (Lipinski definition) is 7. The minimum Gasteiger partial charge on any atom is -0.395 e. The largest absolute Gasteiger partial charge is 0.395 e. The molecule has 4 heterocycles. The molecule has 0 saturated carbocycles. The fourth-order valence-electron chi connectivity index (χ4n) is 3.75. The predicted octanol–water partition coefficient (Wildman–Crippen LogP) is 1.63. The second kappa shape index (κ2) is 8.58. The number of aliphatic hydroxyl groups excluding tert-OH is 1. The van der Waals surface area contributed by atoms with Gasteiger partial charge in [0.2, 0.25) is 0 Å². The Bertz CT molecular complexity index is 1010. The lowest BCUT2D eigenvalue weighted by Crippen LogP contribution is -2.38. The van der Waals surface area contributed by atoms with E-state index < -0.39 is 0 Å². The molecule has 4 rings (SSSR count). The molecular weight excluding hydrogens is 390 g/mol.